The predicted octanol–water partition coefficient (Wildman–Crippen LogP) is 1.93. The van der Waals surface area contributed by atoms with Gasteiger partial charge in [-0.05, 0) is 30.7 Å². The molecule has 1 aromatic carbocycles. The molecule has 0 bridgehead atoms. The van der Waals surface area contributed by atoms with Crippen LogP contribution in [0.3, 0.4) is 0 Å². The molecule has 1 unspecified atom stereocenters. The summed E-state index contributed by atoms with van der Waals surface area (Å²) in [7, 11) is -3.83. The molecule has 0 aliphatic carbocycles. The summed E-state index contributed by atoms with van der Waals surface area (Å²) in [6, 6.07) is 3.34. The van der Waals surface area contributed by atoms with Crippen molar-refractivity contribution in [3.05, 3.63) is 42.2 Å². The first-order valence-corrected chi connectivity index (χ1v) is 8.26. The average molecular weight is 346 g/mol. The van der Waals surface area contributed by atoms with Crippen molar-refractivity contribution in [3.8, 4) is 0 Å². The SMILES string of the molecule is O=S(=O)(c1ccc(C(F)(F)F)cc1)N1CCC(n2nccn2)C1. The first kappa shape index (κ1) is 15.9. The zero-order valence-corrected chi connectivity index (χ0v) is 12.6. The van der Waals surface area contributed by atoms with Crippen molar-refractivity contribution in [2.75, 3.05) is 13.1 Å². The Hall–Kier alpha value is -1.94. The van der Waals surface area contributed by atoms with Gasteiger partial charge in [0.05, 0.1) is 28.9 Å². The van der Waals surface area contributed by atoms with Crippen LogP contribution in [0.15, 0.2) is 41.6 Å². The largest absolute Gasteiger partial charge is 0.416 e. The number of nitrogens with zero attached hydrogens (tertiary/aromatic N) is 4. The van der Waals surface area contributed by atoms with Gasteiger partial charge in [-0.1, -0.05) is 0 Å². The summed E-state index contributed by atoms with van der Waals surface area (Å²) in [5.41, 5.74) is -0.878. The van der Waals surface area contributed by atoms with Crippen molar-refractivity contribution < 1.29 is 21.6 Å². The third-order valence-corrected chi connectivity index (χ3v) is 5.59. The molecule has 124 valence electrons. The molecule has 1 fully saturated rings. The minimum atomic E-state index is -4.49. The molecule has 0 radical (unpaired) electrons. The summed E-state index contributed by atoms with van der Waals surface area (Å²) in [6.45, 7) is 0.466. The molecule has 3 rings (SSSR count). The van der Waals surface area contributed by atoms with Gasteiger partial charge >= 0.3 is 6.18 Å². The van der Waals surface area contributed by atoms with Crippen LogP contribution >= 0.6 is 0 Å². The van der Waals surface area contributed by atoms with Gasteiger partial charge in [0, 0.05) is 13.1 Å². The Labute approximate surface area is 130 Å². The van der Waals surface area contributed by atoms with Crippen LogP contribution in [-0.4, -0.2) is 40.8 Å². The molecule has 1 aliphatic rings. The quantitative estimate of drug-likeness (QED) is 0.852. The zero-order valence-electron chi connectivity index (χ0n) is 11.8. The second-order valence-electron chi connectivity index (χ2n) is 5.18. The lowest BCUT2D eigenvalue weighted by molar-refractivity contribution is -0.137. The van der Waals surface area contributed by atoms with Gasteiger partial charge in [0.2, 0.25) is 10.0 Å². The van der Waals surface area contributed by atoms with E-state index in [1.54, 1.807) is 0 Å². The van der Waals surface area contributed by atoms with Gasteiger partial charge in [-0.15, -0.1) is 0 Å². The molecule has 2 heterocycles. The molecule has 23 heavy (non-hydrogen) atoms. The summed E-state index contributed by atoms with van der Waals surface area (Å²) in [6.07, 6.45) is -0.929. The van der Waals surface area contributed by atoms with Gasteiger partial charge in [-0.3, -0.25) is 0 Å². The third-order valence-electron chi connectivity index (χ3n) is 3.71. The Bertz CT molecular complexity index is 773. The number of halogens is 3. The number of sulfonamides is 1. The van der Waals surface area contributed by atoms with Crippen LogP contribution in [0.4, 0.5) is 13.2 Å². The minimum Gasteiger partial charge on any atom is -0.207 e. The number of benzene rings is 1. The van der Waals surface area contributed by atoms with Crippen LogP contribution in [0, 0.1) is 0 Å². The van der Waals surface area contributed by atoms with Crippen LogP contribution in [0.1, 0.15) is 18.0 Å². The second kappa shape index (κ2) is 5.60. The molecule has 1 atom stereocenters. The number of alkyl halides is 3. The summed E-state index contributed by atoms with van der Waals surface area (Å²) in [4.78, 5) is 1.29. The van der Waals surface area contributed by atoms with E-state index in [0.29, 0.717) is 6.42 Å². The van der Waals surface area contributed by atoms with Gasteiger partial charge in [-0.25, -0.2) is 8.42 Å². The fourth-order valence-corrected chi connectivity index (χ4v) is 3.99. The molecule has 2 aromatic rings. The summed E-state index contributed by atoms with van der Waals surface area (Å²) in [5.74, 6) is 0. The Morgan fingerprint density at radius 1 is 1.09 bits per heavy atom. The maximum Gasteiger partial charge on any atom is 0.416 e. The Kier molecular flexibility index (Phi) is 3.88. The fraction of sp³-hybridized carbons (Fsp3) is 0.385. The van der Waals surface area contributed by atoms with Gasteiger partial charge in [-0.2, -0.15) is 32.5 Å². The Balaban J connectivity index is 1.79. The number of aromatic nitrogens is 3. The van der Waals surface area contributed by atoms with Crippen molar-refractivity contribution in [2.45, 2.75) is 23.5 Å². The normalized spacial score (nSPS) is 20.0. The van der Waals surface area contributed by atoms with E-state index < -0.39 is 21.8 Å². The van der Waals surface area contributed by atoms with E-state index in [0.717, 1.165) is 24.3 Å². The summed E-state index contributed by atoms with van der Waals surface area (Å²) >= 11 is 0. The van der Waals surface area contributed by atoms with E-state index in [9.17, 15) is 21.6 Å². The maximum atomic E-state index is 12.5. The molecular weight excluding hydrogens is 333 g/mol. The zero-order chi connectivity index (χ0) is 16.7. The molecule has 1 aromatic heterocycles. The molecular formula is C13H13F3N4O2S. The highest BCUT2D eigenvalue weighted by Crippen LogP contribution is 2.31. The lowest BCUT2D eigenvalue weighted by Gasteiger charge is -2.17. The van der Waals surface area contributed by atoms with E-state index >= 15 is 0 Å². The van der Waals surface area contributed by atoms with Gasteiger partial charge in [0.25, 0.3) is 0 Å². The topological polar surface area (TPSA) is 68.1 Å². The molecule has 10 heteroatoms. The van der Waals surface area contributed by atoms with Crippen molar-refractivity contribution in [2.24, 2.45) is 0 Å². The first-order valence-electron chi connectivity index (χ1n) is 6.82. The van der Waals surface area contributed by atoms with Crippen molar-refractivity contribution >= 4 is 10.0 Å². The maximum absolute atomic E-state index is 12.5. The standard InChI is InChI=1S/C13H13F3N4O2S/c14-13(15,16)10-1-3-12(4-2-10)23(21,22)19-8-5-11(9-19)20-17-6-7-18-20/h1-4,6-7,11H,5,8-9H2. The van der Waals surface area contributed by atoms with E-state index in [2.05, 4.69) is 10.2 Å². The van der Waals surface area contributed by atoms with Crippen molar-refractivity contribution in [1.29, 1.82) is 0 Å². The Morgan fingerprint density at radius 2 is 1.70 bits per heavy atom. The molecule has 6 nitrogen and oxygen atoms in total. The van der Waals surface area contributed by atoms with Crippen molar-refractivity contribution in [3.63, 3.8) is 0 Å². The van der Waals surface area contributed by atoms with Crippen LogP contribution in [0.25, 0.3) is 0 Å². The monoisotopic (exact) mass is 346 g/mol. The minimum absolute atomic E-state index is 0.153. The first-order chi connectivity index (χ1) is 10.8. The Morgan fingerprint density at radius 3 is 2.26 bits per heavy atom. The van der Waals surface area contributed by atoms with E-state index in [4.69, 9.17) is 0 Å². The van der Waals surface area contributed by atoms with Crippen molar-refractivity contribution in [1.82, 2.24) is 19.3 Å². The lowest BCUT2D eigenvalue weighted by Crippen LogP contribution is -2.29. The molecule has 0 N–H and O–H groups in total. The predicted molar refractivity (Wildman–Crippen MR) is 73.9 cm³/mol. The van der Waals surface area contributed by atoms with Gasteiger partial charge in [0.15, 0.2) is 0 Å². The number of rotatable bonds is 3. The molecule has 0 amide bonds. The number of hydrogen-bond donors (Lipinski definition) is 0. The van der Waals surface area contributed by atoms with E-state index in [1.165, 1.54) is 21.5 Å². The van der Waals surface area contributed by atoms with Gasteiger partial charge in [0.1, 0.15) is 0 Å². The van der Waals surface area contributed by atoms with Gasteiger partial charge < -0.3 is 0 Å². The highest BCUT2D eigenvalue weighted by Gasteiger charge is 2.35. The van der Waals surface area contributed by atoms with Crippen LogP contribution < -0.4 is 0 Å². The summed E-state index contributed by atoms with van der Waals surface area (Å²) in [5, 5.41) is 7.97. The highest BCUT2D eigenvalue weighted by molar-refractivity contribution is 7.89. The summed E-state index contributed by atoms with van der Waals surface area (Å²) < 4.78 is 63.9. The smallest absolute Gasteiger partial charge is 0.207 e. The third kappa shape index (κ3) is 3.08. The highest BCUT2D eigenvalue weighted by atomic mass is 32.2. The molecule has 1 aliphatic heterocycles. The molecule has 0 saturated carbocycles. The average Bonchev–Trinajstić information content (AvgIpc) is 3.17. The molecule has 1 saturated heterocycles. The van der Waals surface area contributed by atoms with Crippen LogP contribution in [0.5, 0.6) is 0 Å². The molecule has 0 spiro atoms. The van der Waals surface area contributed by atoms with E-state index in [-0.39, 0.29) is 24.0 Å². The van der Waals surface area contributed by atoms with Crippen LogP contribution in [-0.2, 0) is 16.2 Å². The fourth-order valence-electron chi connectivity index (χ4n) is 2.50. The lowest BCUT2D eigenvalue weighted by atomic mass is 10.2. The van der Waals surface area contributed by atoms with Crippen LogP contribution in [0.2, 0.25) is 0 Å². The number of hydrogen-bond acceptors (Lipinski definition) is 4. The van der Waals surface area contributed by atoms with E-state index in [1.807, 2.05) is 0 Å². The second-order valence-corrected chi connectivity index (χ2v) is 7.12.